The molecule has 0 atom stereocenters. The molecule has 1 heterocycles. The van der Waals surface area contributed by atoms with Gasteiger partial charge in [0.2, 0.25) is 5.95 Å². The molecule has 2 N–H and O–H groups in total. The standard InChI is InChI=1S/C22H24N4O3/c1-14(2)29-19-12-8-7-11-18(19)24-20-13-15(3)23-22(26-20)25-17-10-6-5-9-16(17)21(27)28-4/h5-14H,1-4H3,(H2,23,24,25,26). The molecule has 0 saturated heterocycles. The highest BCUT2D eigenvalue weighted by molar-refractivity contribution is 5.96. The summed E-state index contributed by atoms with van der Waals surface area (Å²) in [5.41, 5.74) is 2.55. The fourth-order valence-electron chi connectivity index (χ4n) is 2.75. The van der Waals surface area contributed by atoms with E-state index in [1.54, 1.807) is 18.2 Å². The van der Waals surface area contributed by atoms with Gasteiger partial charge in [-0.25, -0.2) is 9.78 Å². The second-order valence-electron chi connectivity index (χ2n) is 6.67. The Bertz CT molecular complexity index is 1000. The third-order valence-corrected chi connectivity index (χ3v) is 3.95. The van der Waals surface area contributed by atoms with Crippen molar-refractivity contribution in [3.05, 3.63) is 65.9 Å². The van der Waals surface area contributed by atoms with E-state index < -0.39 is 5.97 Å². The number of benzene rings is 2. The minimum Gasteiger partial charge on any atom is -0.489 e. The van der Waals surface area contributed by atoms with E-state index in [-0.39, 0.29) is 6.10 Å². The molecule has 29 heavy (non-hydrogen) atoms. The van der Waals surface area contributed by atoms with E-state index in [1.807, 2.05) is 57.2 Å². The van der Waals surface area contributed by atoms with Crippen LogP contribution in [0.15, 0.2) is 54.6 Å². The Morgan fingerprint density at radius 2 is 1.66 bits per heavy atom. The number of carbonyl (C=O) groups is 1. The molecule has 0 fully saturated rings. The Balaban J connectivity index is 1.88. The Morgan fingerprint density at radius 1 is 0.966 bits per heavy atom. The lowest BCUT2D eigenvalue weighted by Crippen LogP contribution is -2.09. The van der Waals surface area contributed by atoms with Crippen LogP contribution >= 0.6 is 0 Å². The molecule has 0 unspecified atom stereocenters. The molecule has 0 aliphatic heterocycles. The van der Waals surface area contributed by atoms with E-state index >= 15 is 0 Å². The maximum Gasteiger partial charge on any atom is 0.339 e. The highest BCUT2D eigenvalue weighted by Gasteiger charge is 2.13. The van der Waals surface area contributed by atoms with Crippen LogP contribution < -0.4 is 15.4 Å². The van der Waals surface area contributed by atoms with Crippen molar-refractivity contribution in [1.29, 1.82) is 0 Å². The summed E-state index contributed by atoms with van der Waals surface area (Å²) in [7, 11) is 1.35. The summed E-state index contributed by atoms with van der Waals surface area (Å²) in [5, 5.41) is 6.39. The largest absolute Gasteiger partial charge is 0.489 e. The van der Waals surface area contributed by atoms with Crippen molar-refractivity contribution in [2.45, 2.75) is 26.9 Å². The predicted molar refractivity (Wildman–Crippen MR) is 113 cm³/mol. The van der Waals surface area contributed by atoms with Crippen molar-refractivity contribution in [3.8, 4) is 5.75 Å². The number of aromatic nitrogens is 2. The van der Waals surface area contributed by atoms with E-state index in [0.29, 0.717) is 23.0 Å². The number of rotatable bonds is 7. The van der Waals surface area contributed by atoms with Crippen molar-refractivity contribution in [3.63, 3.8) is 0 Å². The Hall–Kier alpha value is -3.61. The van der Waals surface area contributed by atoms with Crippen molar-refractivity contribution < 1.29 is 14.3 Å². The first-order valence-corrected chi connectivity index (χ1v) is 9.29. The zero-order valence-electron chi connectivity index (χ0n) is 16.9. The van der Waals surface area contributed by atoms with Gasteiger partial charge in [-0.15, -0.1) is 0 Å². The van der Waals surface area contributed by atoms with Crippen LogP contribution in [0, 0.1) is 6.92 Å². The quantitative estimate of drug-likeness (QED) is 0.556. The Morgan fingerprint density at radius 3 is 2.38 bits per heavy atom. The molecule has 0 amide bonds. The van der Waals surface area contributed by atoms with E-state index in [9.17, 15) is 4.79 Å². The number of aryl methyl sites for hydroxylation is 1. The van der Waals surface area contributed by atoms with Crippen LogP contribution in [0.5, 0.6) is 5.75 Å². The number of nitrogens with zero attached hydrogens (tertiary/aromatic N) is 2. The topological polar surface area (TPSA) is 85.4 Å². The highest BCUT2D eigenvalue weighted by Crippen LogP contribution is 2.28. The van der Waals surface area contributed by atoms with E-state index in [0.717, 1.165) is 17.1 Å². The summed E-state index contributed by atoms with van der Waals surface area (Å²) in [6.07, 6.45) is 0.0529. The first kappa shape index (κ1) is 20.1. The molecule has 0 bridgehead atoms. The molecule has 3 aromatic rings. The smallest absolute Gasteiger partial charge is 0.339 e. The molecule has 0 saturated carbocycles. The molecule has 3 rings (SSSR count). The summed E-state index contributed by atoms with van der Waals surface area (Å²) < 4.78 is 10.7. The zero-order valence-corrected chi connectivity index (χ0v) is 16.9. The number of hydrogen-bond acceptors (Lipinski definition) is 7. The maximum absolute atomic E-state index is 12.0. The van der Waals surface area contributed by atoms with Gasteiger partial charge in [0.1, 0.15) is 11.6 Å². The number of ether oxygens (including phenoxy) is 2. The fourth-order valence-corrected chi connectivity index (χ4v) is 2.75. The van der Waals surface area contributed by atoms with Gasteiger partial charge in [0.15, 0.2) is 0 Å². The Kier molecular flexibility index (Phi) is 6.29. The molecule has 7 nitrogen and oxygen atoms in total. The van der Waals surface area contributed by atoms with Crippen LogP contribution in [-0.4, -0.2) is 29.2 Å². The van der Waals surface area contributed by atoms with Crippen LogP contribution in [0.4, 0.5) is 23.1 Å². The highest BCUT2D eigenvalue weighted by atomic mass is 16.5. The summed E-state index contributed by atoms with van der Waals surface area (Å²) >= 11 is 0. The van der Waals surface area contributed by atoms with E-state index in [2.05, 4.69) is 20.6 Å². The van der Waals surface area contributed by atoms with Gasteiger partial charge in [-0.3, -0.25) is 0 Å². The van der Waals surface area contributed by atoms with E-state index in [1.165, 1.54) is 7.11 Å². The number of hydrogen-bond donors (Lipinski definition) is 2. The molecule has 1 aromatic heterocycles. The first-order chi connectivity index (χ1) is 14.0. The number of esters is 1. The normalized spacial score (nSPS) is 10.5. The van der Waals surface area contributed by atoms with E-state index in [4.69, 9.17) is 9.47 Å². The monoisotopic (exact) mass is 392 g/mol. The van der Waals surface area contributed by atoms with Crippen LogP contribution in [0.3, 0.4) is 0 Å². The van der Waals surface area contributed by atoms with Crippen LogP contribution in [0.2, 0.25) is 0 Å². The van der Waals surface area contributed by atoms with Gasteiger partial charge in [0, 0.05) is 11.8 Å². The molecule has 0 aliphatic rings. The third-order valence-electron chi connectivity index (χ3n) is 3.95. The zero-order chi connectivity index (χ0) is 20.8. The number of nitrogens with one attached hydrogen (secondary N) is 2. The lowest BCUT2D eigenvalue weighted by molar-refractivity contribution is 0.0602. The molecular weight excluding hydrogens is 368 g/mol. The first-order valence-electron chi connectivity index (χ1n) is 9.29. The van der Waals surface area contributed by atoms with Gasteiger partial charge >= 0.3 is 5.97 Å². The lowest BCUT2D eigenvalue weighted by Gasteiger charge is -2.16. The average molecular weight is 392 g/mol. The molecule has 0 aliphatic carbocycles. The average Bonchev–Trinajstić information content (AvgIpc) is 2.68. The molecule has 7 heteroatoms. The number of para-hydroxylation sites is 3. The molecule has 2 aromatic carbocycles. The summed E-state index contributed by atoms with van der Waals surface area (Å²) in [5.74, 6) is 1.28. The molecule has 150 valence electrons. The predicted octanol–water partition coefficient (Wildman–Crippen LogP) is 4.85. The van der Waals surface area contributed by atoms with Gasteiger partial charge in [-0.05, 0) is 45.0 Å². The van der Waals surface area contributed by atoms with Crippen molar-refractivity contribution >= 4 is 29.1 Å². The molecular formula is C22H24N4O3. The second-order valence-corrected chi connectivity index (χ2v) is 6.67. The molecule has 0 radical (unpaired) electrons. The van der Waals surface area contributed by atoms with Crippen molar-refractivity contribution in [1.82, 2.24) is 9.97 Å². The SMILES string of the molecule is COC(=O)c1ccccc1Nc1nc(C)cc(Nc2ccccc2OC(C)C)n1. The summed E-state index contributed by atoms with van der Waals surface area (Å²) in [4.78, 5) is 20.9. The van der Waals surface area contributed by atoms with Gasteiger partial charge < -0.3 is 20.1 Å². The van der Waals surface area contributed by atoms with Gasteiger partial charge in [0.25, 0.3) is 0 Å². The van der Waals surface area contributed by atoms with Gasteiger partial charge in [0.05, 0.1) is 30.2 Å². The summed E-state index contributed by atoms with van der Waals surface area (Å²) in [6.45, 7) is 5.83. The maximum atomic E-state index is 12.0. The van der Waals surface area contributed by atoms with Crippen molar-refractivity contribution in [2.75, 3.05) is 17.7 Å². The van der Waals surface area contributed by atoms with Crippen LogP contribution in [-0.2, 0) is 4.74 Å². The van der Waals surface area contributed by atoms with Gasteiger partial charge in [-0.1, -0.05) is 24.3 Å². The Labute approximate surface area is 170 Å². The minimum absolute atomic E-state index is 0.0529. The fraction of sp³-hybridized carbons (Fsp3) is 0.227. The van der Waals surface area contributed by atoms with Crippen LogP contribution in [0.1, 0.15) is 29.9 Å². The van der Waals surface area contributed by atoms with Crippen molar-refractivity contribution in [2.24, 2.45) is 0 Å². The third kappa shape index (κ3) is 5.22. The summed E-state index contributed by atoms with van der Waals surface area (Å²) in [6, 6.07) is 16.6. The number of anilines is 4. The number of carbonyl (C=O) groups excluding carboxylic acids is 1. The minimum atomic E-state index is -0.432. The van der Waals surface area contributed by atoms with Crippen LogP contribution in [0.25, 0.3) is 0 Å². The second kappa shape index (κ2) is 9.05. The lowest BCUT2D eigenvalue weighted by atomic mass is 10.2. The molecule has 0 spiro atoms. The van der Waals surface area contributed by atoms with Gasteiger partial charge in [-0.2, -0.15) is 4.98 Å². The number of methoxy groups -OCH3 is 1.